The van der Waals surface area contributed by atoms with Gasteiger partial charge in [0.25, 0.3) is 5.91 Å². The first-order valence-corrected chi connectivity index (χ1v) is 18.2. The zero-order chi connectivity index (χ0) is 37.9. The maximum absolute atomic E-state index is 14.7. The lowest BCUT2D eigenvalue weighted by molar-refractivity contribution is -0.144. The molecule has 0 saturated carbocycles. The number of likely N-dealkylation sites (tertiary alicyclic amines) is 1. The summed E-state index contributed by atoms with van der Waals surface area (Å²) in [4.78, 5) is 81.8. The average Bonchev–Trinajstić information content (AvgIpc) is 3.72. The van der Waals surface area contributed by atoms with Gasteiger partial charge in [-0.1, -0.05) is 78.3 Å². The van der Waals surface area contributed by atoms with Crippen molar-refractivity contribution in [2.45, 2.75) is 105 Å². The number of carbonyl (C=O) groups excluding carboxylic acids is 6. The maximum atomic E-state index is 14.7. The van der Waals surface area contributed by atoms with E-state index >= 15 is 0 Å². The molecule has 0 bridgehead atoms. The van der Waals surface area contributed by atoms with E-state index in [1.54, 1.807) is 11.8 Å². The van der Waals surface area contributed by atoms with Crippen molar-refractivity contribution in [3.63, 3.8) is 0 Å². The van der Waals surface area contributed by atoms with Gasteiger partial charge in [0.05, 0.1) is 12.1 Å². The van der Waals surface area contributed by atoms with Gasteiger partial charge in [0.1, 0.15) is 18.7 Å². The van der Waals surface area contributed by atoms with Crippen LogP contribution < -0.4 is 26.6 Å². The van der Waals surface area contributed by atoms with Gasteiger partial charge in [-0.15, -0.1) is 6.58 Å². The molecule has 5 atom stereocenters. The molecule has 1 heterocycles. The maximum Gasteiger partial charge on any atom is 0.407 e. The van der Waals surface area contributed by atoms with E-state index in [1.807, 2.05) is 65.8 Å². The molecule has 2 aliphatic rings. The van der Waals surface area contributed by atoms with Gasteiger partial charge in [0.15, 0.2) is 0 Å². The summed E-state index contributed by atoms with van der Waals surface area (Å²) in [6.07, 6.45) is 3.33. The minimum absolute atomic E-state index is 0.0256. The summed E-state index contributed by atoms with van der Waals surface area (Å²) < 4.78 is 5.36. The summed E-state index contributed by atoms with van der Waals surface area (Å²) in [6, 6.07) is 3.79. The van der Waals surface area contributed by atoms with E-state index in [0.717, 1.165) is 11.1 Å². The number of ketones is 1. The van der Waals surface area contributed by atoms with Gasteiger partial charge in [0.2, 0.25) is 17.6 Å². The van der Waals surface area contributed by atoms with Crippen molar-refractivity contribution in [2.24, 2.45) is 23.2 Å². The number of amides is 6. The standard InChI is InChI=1S/C38H58N6O7/c1-9-14-28(32(45)34(47)40-18-10-2)41-33(46)31-27(23(4)5)17-19-44(31)35(48)30(26-20-24-15-12-13-16-25(24)21-26)43-36(49)42-29(38(6,7)8)22-51-37(50)39-11-3/h10,12-13,15-16,23,26-31H,2,9,11,14,17-22H2,1,3-8H3,(H,39,50)(H,40,47)(H,41,46)(H2,42,43,49)/t27?,28?,29?,30-,31-/m0/s1. The highest BCUT2D eigenvalue weighted by Crippen LogP contribution is 2.35. The SMILES string of the molecule is C=CCNC(=O)C(=O)C(CCC)NC(=O)[C@@H]1C(C(C)C)CCN1C(=O)[C@@H](NC(=O)NC(COC(=O)NCC)C(C)(C)C)C1Cc2ccccc2C1. The van der Waals surface area contributed by atoms with Gasteiger partial charge >= 0.3 is 12.1 Å². The zero-order valence-corrected chi connectivity index (χ0v) is 31.3. The van der Waals surface area contributed by atoms with Crippen LogP contribution in [-0.4, -0.2) is 90.9 Å². The van der Waals surface area contributed by atoms with Crippen LogP contribution in [0.4, 0.5) is 9.59 Å². The van der Waals surface area contributed by atoms with E-state index in [1.165, 1.54) is 6.08 Å². The highest BCUT2D eigenvalue weighted by atomic mass is 16.5. The van der Waals surface area contributed by atoms with E-state index in [4.69, 9.17) is 4.74 Å². The number of ether oxygens (including phenoxy) is 1. The Hall–Kier alpha value is -4.42. The fraction of sp³-hybridized carbons (Fsp3) is 0.632. The van der Waals surface area contributed by atoms with Crippen molar-refractivity contribution in [1.82, 2.24) is 31.5 Å². The number of nitrogens with zero attached hydrogens (tertiary/aromatic N) is 1. The molecule has 0 radical (unpaired) electrons. The second-order valence-corrected chi connectivity index (χ2v) is 15.0. The quantitative estimate of drug-likeness (QED) is 0.129. The van der Waals surface area contributed by atoms with Crippen molar-refractivity contribution in [3.05, 3.63) is 48.0 Å². The molecule has 0 spiro atoms. The van der Waals surface area contributed by atoms with Gasteiger partial charge in [0, 0.05) is 19.6 Å². The lowest BCUT2D eigenvalue weighted by atomic mass is 9.87. The van der Waals surface area contributed by atoms with Crippen molar-refractivity contribution >= 4 is 35.6 Å². The summed E-state index contributed by atoms with van der Waals surface area (Å²) in [5.74, 6) is -2.94. The monoisotopic (exact) mass is 710 g/mol. The third kappa shape index (κ3) is 11.0. The molecule has 1 aliphatic carbocycles. The molecule has 51 heavy (non-hydrogen) atoms. The number of hydrogen-bond acceptors (Lipinski definition) is 7. The van der Waals surface area contributed by atoms with Crippen LogP contribution in [0, 0.1) is 23.2 Å². The van der Waals surface area contributed by atoms with E-state index < -0.39 is 59.3 Å². The van der Waals surface area contributed by atoms with Crippen molar-refractivity contribution < 1.29 is 33.5 Å². The molecule has 1 fully saturated rings. The molecule has 13 nitrogen and oxygen atoms in total. The van der Waals surface area contributed by atoms with Crippen molar-refractivity contribution in [3.8, 4) is 0 Å². The number of benzene rings is 1. The summed E-state index contributed by atoms with van der Waals surface area (Å²) >= 11 is 0. The first kappa shape index (κ1) is 41.0. The van der Waals surface area contributed by atoms with Crippen LogP contribution in [0.1, 0.15) is 78.9 Å². The highest BCUT2D eigenvalue weighted by Gasteiger charge is 2.47. The number of hydrogen-bond donors (Lipinski definition) is 5. The third-order valence-electron chi connectivity index (χ3n) is 9.85. The van der Waals surface area contributed by atoms with E-state index in [9.17, 15) is 28.8 Å². The summed E-state index contributed by atoms with van der Waals surface area (Å²) in [5.41, 5.74) is 1.69. The van der Waals surface area contributed by atoms with Gasteiger partial charge in [-0.2, -0.15) is 0 Å². The molecule has 1 aromatic rings. The number of Topliss-reactive ketones (excluding diaryl/α,β-unsaturated/α-hetero) is 1. The number of nitrogens with one attached hydrogen (secondary N) is 5. The Morgan fingerprint density at radius 2 is 1.63 bits per heavy atom. The molecule has 5 N–H and O–H groups in total. The lowest BCUT2D eigenvalue weighted by Crippen LogP contribution is -2.61. The van der Waals surface area contributed by atoms with Crippen LogP contribution in [0.15, 0.2) is 36.9 Å². The molecule has 1 aliphatic heterocycles. The second-order valence-electron chi connectivity index (χ2n) is 15.0. The molecule has 1 saturated heterocycles. The summed E-state index contributed by atoms with van der Waals surface area (Å²) in [5, 5.41) is 13.8. The molecule has 1 aromatic carbocycles. The van der Waals surface area contributed by atoms with Gasteiger partial charge < -0.3 is 36.2 Å². The Kier molecular flexibility index (Phi) is 15.0. The molecule has 13 heteroatoms. The minimum atomic E-state index is -1.06. The molecular formula is C38H58N6O7. The number of alkyl carbamates (subject to hydrolysis) is 1. The van der Waals surface area contributed by atoms with Crippen LogP contribution >= 0.6 is 0 Å². The number of carbonyl (C=O) groups is 6. The second kappa shape index (κ2) is 18.7. The molecule has 3 unspecified atom stereocenters. The van der Waals surface area contributed by atoms with E-state index in [2.05, 4.69) is 33.2 Å². The molecule has 282 valence electrons. The van der Waals surface area contributed by atoms with E-state index in [0.29, 0.717) is 32.2 Å². The van der Waals surface area contributed by atoms with Crippen LogP contribution in [0.3, 0.4) is 0 Å². The van der Waals surface area contributed by atoms with Crippen molar-refractivity contribution in [2.75, 3.05) is 26.2 Å². The summed E-state index contributed by atoms with van der Waals surface area (Å²) in [7, 11) is 0. The third-order valence-corrected chi connectivity index (χ3v) is 9.85. The van der Waals surface area contributed by atoms with Gasteiger partial charge in [-0.3, -0.25) is 19.2 Å². The van der Waals surface area contributed by atoms with Crippen LogP contribution in [0.2, 0.25) is 0 Å². The van der Waals surface area contributed by atoms with Crippen LogP contribution in [0.5, 0.6) is 0 Å². The number of rotatable bonds is 16. The summed E-state index contributed by atoms with van der Waals surface area (Å²) in [6.45, 7) is 17.6. The predicted molar refractivity (Wildman–Crippen MR) is 195 cm³/mol. The Morgan fingerprint density at radius 1 is 0.980 bits per heavy atom. The van der Waals surface area contributed by atoms with E-state index in [-0.39, 0.29) is 49.8 Å². The Bertz CT molecular complexity index is 1400. The largest absolute Gasteiger partial charge is 0.447 e. The predicted octanol–water partition coefficient (Wildman–Crippen LogP) is 3.26. The first-order valence-electron chi connectivity index (χ1n) is 18.2. The lowest BCUT2D eigenvalue weighted by Gasteiger charge is -2.35. The smallest absolute Gasteiger partial charge is 0.407 e. The Labute approximate surface area is 302 Å². The Morgan fingerprint density at radius 3 is 2.18 bits per heavy atom. The zero-order valence-electron chi connectivity index (χ0n) is 31.3. The normalized spacial score (nSPS) is 18.9. The van der Waals surface area contributed by atoms with Crippen LogP contribution in [-0.2, 0) is 36.8 Å². The van der Waals surface area contributed by atoms with Gasteiger partial charge in [-0.25, -0.2) is 9.59 Å². The number of urea groups is 1. The Balaban J connectivity index is 1.91. The molecule has 6 amide bonds. The van der Waals surface area contributed by atoms with Crippen LogP contribution in [0.25, 0.3) is 0 Å². The number of fused-ring (bicyclic) bond motifs is 1. The molecule has 0 aromatic heterocycles. The topological polar surface area (TPSA) is 175 Å². The fourth-order valence-corrected chi connectivity index (χ4v) is 6.91. The fourth-order valence-electron chi connectivity index (χ4n) is 6.91. The highest BCUT2D eigenvalue weighted by molar-refractivity contribution is 6.38. The molecular weight excluding hydrogens is 652 g/mol. The minimum Gasteiger partial charge on any atom is -0.447 e. The van der Waals surface area contributed by atoms with Crippen molar-refractivity contribution in [1.29, 1.82) is 0 Å². The average molecular weight is 711 g/mol. The molecule has 3 rings (SSSR count). The van der Waals surface area contributed by atoms with Gasteiger partial charge in [-0.05, 0) is 66.9 Å². The first-order chi connectivity index (χ1) is 24.1.